The first kappa shape index (κ1) is 15.0. The Hall–Kier alpha value is -1.59. The third-order valence-corrected chi connectivity index (χ3v) is 5.62. The van der Waals surface area contributed by atoms with Gasteiger partial charge in [-0.3, -0.25) is 4.79 Å². The highest BCUT2D eigenvalue weighted by Crippen LogP contribution is 2.34. The molecule has 2 atom stereocenters. The molecule has 2 aliphatic rings. The standard InChI is InChI=1S/C17H21ClN4O/c1-2-21-8-6-11-3-4-12(10-21)22(11)17(23)13-9-20-16-15(13)14(18)5-7-19-16/h5,7,9,11-12H,2-4,6,8,10H2,1H3,(H,19,20)/t11-,12+/m1/s1. The Morgan fingerprint density at radius 3 is 3.04 bits per heavy atom. The van der Waals surface area contributed by atoms with Gasteiger partial charge >= 0.3 is 0 Å². The molecule has 2 aromatic heterocycles. The van der Waals surface area contributed by atoms with Gasteiger partial charge in [-0.1, -0.05) is 18.5 Å². The van der Waals surface area contributed by atoms with E-state index in [1.54, 1.807) is 18.5 Å². The molecule has 122 valence electrons. The van der Waals surface area contributed by atoms with Crippen LogP contribution in [0.3, 0.4) is 0 Å². The molecular weight excluding hydrogens is 312 g/mol. The van der Waals surface area contributed by atoms with Gasteiger partial charge < -0.3 is 14.8 Å². The fourth-order valence-electron chi connectivity index (χ4n) is 4.09. The quantitative estimate of drug-likeness (QED) is 0.920. The summed E-state index contributed by atoms with van der Waals surface area (Å²) in [4.78, 5) is 25.2. The molecule has 4 heterocycles. The zero-order chi connectivity index (χ0) is 16.0. The van der Waals surface area contributed by atoms with E-state index in [1.807, 2.05) is 0 Å². The van der Waals surface area contributed by atoms with Crippen LogP contribution in [0.25, 0.3) is 11.0 Å². The number of H-pyrrole nitrogens is 1. The lowest BCUT2D eigenvalue weighted by molar-refractivity contribution is 0.0673. The zero-order valence-electron chi connectivity index (χ0n) is 13.3. The van der Waals surface area contributed by atoms with Gasteiger partial charge in [0.15, 0.2) is 0 Å². The number of carbonyl (C=O) groups is 1. The third kappa shape index (κ3) is 2.42. The first-order valence-electron chi connectivity index (χ1n) is 8.35. The maximum Gasteiger partial charge on any atom is 0.256 e. The van der Waals surface area contributed by atoms with Gasteiger partial charge in [-0.25, -0.2) is 4.98 Å². The van der Waals surface area contributed by atoms with Gasteiger partial charge in [0.25, 0.3) is 5.91 Å². The number of likely N-dealkylation sites (tertiary alicyclic amines) is 1. The van der Waals surface area contributed by atoms with Crippen LogP contribution < -0.4 is 0 Å². The Morgan fingerprint density at radius 1 is 1.39 bits per heavy atom. The lowest BCUT2D eigenvalue weighted by atomic mass is 10.1. The van der Waals surface area contributed by atoms with Crippen LogP contribution in [-0.2, 0) is 0 Å². The summed E-state index contributed by atoms with van der Waals surface area (Å²) in [7, 11) is 0. The summed E-state index contributed by atoms with van der Waals surface area (Å²) in [5, 5.41) is 1.33. The van der Waals surface area contributed by atoms with E-state index >= 15 is 0 Å². The molecule has 2 fully saturated rings. The molecular formula is C17H21ClN4O. The molecule has 0 saturated carbocycles. The predicted octanol–water partition coefficient (Wildman–Crippen LogP) is 2.92. The van der Waals surface area contributed by atoms with Crippen molar-refractivity contribution in [3.8, 4) is 0 Å². The lowest BCUT2D eigenvalue weighted by Crippen LogP contribution is -2.43. The van der Waals surface area contributed by atoms with Gasteiger partial charge in [0.05, 0.1) is 16.0 Å². The molecule has 0 aliphatic carbocycles. The molecule has 5 nitrogen and oxygen atoms in total. The van der Waals surface area contributed by atoms with Crippen molar-refractivity contribution in [3.63, 3.8) is 0 Å². The first-order valence-corrected chi connectivity index (χ1v) is 8.73. The molecule has 0 unspecified atom stereocenters. The van der Waals surface area contributed by atoms with Crippen LogP contribution in [0.4, 0.5) is 0 Å². The molecule has 0 radical (unpaired) electrons. The molecule has 23 heavy (non-hydrogen) atoms. The van der Waals surface area contributed by atoms with Crippen molar-refractivity contribution >= 4 is 28.5 Å². The van der Waals surface area contributed by atoms with Gasteiger partial charge in [0.1, 0.15) is 5.65 Å². The summed E-state index contributed by atoms with van der Waals surface area (Å²) in [6.07, 6.45) is 6.69. The van der Waals surface area contributed by atoms with Crippen LogP contribution in [0.2, 0.25) is 5.02 Å². The highest BCUT2D eigenvalue weighted by atomic mass is 35.5. The van der Waals surface area contributed by atoms with Crippen molar-refractivity contribution in [2.75, 3.05) is 19.6 Å². The number of amides is 1. The number of nitrogens with zero attached hydrogens (tertiary/aromatic N) is 3. The largest absolute Gasteiger partial charge is 0.345 e. The minimum absolute atomic E-state index is 0.0941. The Kier molecular flexibility index (Phi) is 3.77. The third-order valence-electron chi connectivity index (χ3n) is 5.30. The minimum Gasteiger partial charge on any atom is -0.345 e. The average Bonchev–Trinajstić information content (AvgIpc) is 3.09. The molecule has 1 amide bonds. The number of fused-ring (bicyclic) bond motifs is 3. The van der Waals surface area contributed by atoms with Crippen LogP contribution in [0.1, 0.15) is 36.5 Å². The summed E-state index contributed by atoms with van der Waals surface area (Å²) in [6, 6.07) is 2.41. The van der Waals surface area contributed by atoms with Crippen molar-refractivity contribution in [3.05, 3.63) is 29.0 Å². The molecule has 0 aromatic carbocycles. The van der Waals surface area contributed by atoms with E-state index in [0.717, 1.165) is 44.3 Å². The average molecular weight is 333 g/mol. The predicted molar refractivity (Wildman–Crippen MR) is 90.8 cm³/mol. The second kappa shape index (κ2) is 5.80. The van der Waals surface area contributed by atoms with Crippen molar-refractivity contribution in [1.29, 1.82) is 0 Å². The molecule has 0 spiro atoms. The molecule has 4 rings (SSSR count). The minimum atomic E-state index is 0.0941. The van der Waals surface area contributed by atoms with Gasteiger partial charge in [-0.2, -0.15) is 0 Å². The highest BCUT2D eigenvalue weighted by Gasteiger charge is 2.40. The molecule has 2 bridgehead atoms. The molecule has 6 heteroatoms. The van der Waals surface area contributed by atoms with Crippen molar-refractivity contribution in [2.24, 2.45) is 0 Å². The van der Waals surface area contributed by atoms with Crippen molar-refractivity contribution in [2.45, 2.75) is 38.3 Å². The summed E-state index contributed by atoms with van der Waals surface area (Å²) >= 11 is 6.31. The number of nitrogens with one attached hydrogen (secondary N) is 1. The van der Waals surface area contributed by atoms with E-state index in [2.05, 4.69) is 26.7 Å². The van der Waals surface area contributed by atoms with E-state index < -0.39 is 0 Å². The first-order chi connectivity index (χ1) is 11.2. The van der Waals surface area contributed by atoms with Gasteiger partial charge in [-0.15, -0.1) is 0 Å². The lowest BCUT2D eigenvalue weighted by Gasteiger charge is -2.28. The number of aromatic nitrogens is 2. The van der Waals surface area contributed by atoms with E-state index in [4.69, 9.17) is 11.6 Å². The molecule has 1 N–H and O–H groups in total. The van der Waals surface area contributed by atoms with Crippen LogP contribution in [0.15, 0.2) is 18.5 Å². The number of aromatic amines is 1. The second-order valence-corrected chi connectivity index (χ2v) is 6.91. The topological polar surface area (TPSA) is 52.2 Å². The van der Waals surface area contributed by atoms with Gasteiger partial charge in [0, 0.05) is 37.6 Å². The Balaban J connectivity index is 1.71. The summed E-state index contributed by atoms with van der Waals surface area (Å²) in [5.41, 5.74) is 1.33. The number of pyridine rings is 1. The van der Waals surface area contributed by atoms with Crippen LogP contribution in [0, 0.1) is 0 Å². The normalized spacial score (nSPS) is 25.0. The number of likely N-dealkylation sites (N-methyl/N-ethyl adjacent to an activating group) is 1. The molecule has 2 aliphatic heterocycles. The van der Waals surface area contributed by atoms with Crippen LogP contribution >= 0.6 is 11.6 Å². The van der Waals surface area contributed by atoms with Crippen molar-refractivity contribution in [1.82, 2.24) is 19.8 Å². The summed E-state index contributed by atoms with van der Waals surface area (Å²) in [6.45, 7) is 5.30. The summed E-state index contributed by atoms with van der Waals surface area (Å²) in [5.74, 6) is 0.0941. The SMILES string of the molecule is CCN1CC[C@H]2CC[C@@H](C1)N2C(=O)c1c[nH]c2nccc(Cl)c12. The maximum absolute atomic E-state index is 13.2. The smallest absolute Gasteiger partial charge is 0.256 e. The Morgan fingerprint density at radius 2 is 2.22 bits per heavy atom. The van der Waals surface area contributed by atoms with Crippen LogP contribution in [0.5, 0.6) is 0 Å². The number of carbonyl (C=O) groups excluding carboxylic acids is 1. The number of rotatable bonds is 2. The van der Waals surface area contributed by atoms with Crippen molar-refractivity contribution < 1.29 is 4.79 Å². The van der Waals surface area contributed by atoms with Gasteiger partial charge in [-0.05, 0) is 31.9 Å². The fraction of sp³-hybridized carbons (Fsp3) is 0.529. The second-order valence-electron chi connectivity index (χ2n) is 6.50. The molecule has 2 saturated heterocycles. The van der Waals surface area contributed by atoms with E-state index in [1.165, 1.54) is 0 Å². The highest BCUT2D eigenvalue weighted by molar-refractivity contribution is 6.36. The zero-order valence-corrected chi connectivity index (χ0v) is 14.0. The van der Waals surface area contributed by atoms with E-state index in [-0.39, 0.29) is 5.91 Å². The van der Waals surface area contributed by atoms with E-state index in [9.17, 15) is 4.79 Å². The Bertz CT molecular complexity index is 743. The Labute approximate surface area is 140 Å². The number of hydrogen-bond acceptors (Lipinski definition) is 3. The van der Waals surface area contributed by atoms with Gasteiger partial charge in [0.2, 0.25) is 0 Å². The van der Waals surface area contributed by atoms with Crippen LogP contribution in [-0.4, -0.2) is 57.4 Å². The summed E-state index contributed by atoms with van der Waals surface area (Å²) < 4.78 is 0. The fourth-order valence-corrected chi connectivity index (χ4v) is 4.34. The number of halogens is 1. The maximum atomic E-state index is 13.2. The van der Waals surface area contributed by atoms with E-state index in [0.29, 0.717) is 28.3 Å². The number of hydrogen-bond donors (Lipinski definition) is 1. The molecule has 2 aromatic rings. The monoisotopic (exact) mass is 332 g/mol.